The molecule has 1 rings (SSSR count). The van der Waals surface area contributed by atoms with Crippen LogP contribution in [0.25, 0.3) is 0 Å². The van der Waals surface area contributed by atoms with Crippen molar-refractivity contribution in [2.75, 3.05) is 13.1 Å². The molecule has 1 N–H and O–H groups in total. The summed E-state index contributed by atoms with van der Waals surface area (Å²) in [4.78, 5) is 25.2. The molecule has 0 bridgehead atoms. The van der Waals surface area contributed by atoms with Gasteiger partial charge in [-0.3, -0.25) is 9.59 Å². The number of hydrogen-bond acceptors (Lipinski definition) is 2. The first kappa shape index (κ1) is 12.0. The number of carbonyl (C=O) groups is 2. The molecule has 86 valence electrons. The van der Waals surface area contributed by atoms with Crippen molar-refractivity contribution >= 4 is 11.8 Å². The minimum atomic E-state index is -0.295. The molecule has 0 aromatic heterocycles. The third kappa shape index (κ3) is 3.22. The van der Waals surface area contributed by atoms with Crippen LogP contribution in [0.3, 0.4) is 0 Å². The fraction of sp³-hybridized carbons (Fsp3) is 0.818. The van der Waals surface area contributed by atoms with E-state index < -0.39 is 0 Å². The van der Waals surface area contributed by atoms with E-state index in [0.29, 0.717) is 13.0 Å². The first-order chi connectivity index (χ1) is 7.19. The fourth-order valence-electron chi connectivity index (χ4n) is 1.87. The van der Waals surface area contributed by atoms with Crippen molar-refractivity contribution < 1.29 is 9.59 Å². The van der Waals surface area contributed by atoms with Crippen molar-refractivity contribution in [3.63, 3.8) is 0 Å². The van der Waals surface area contributed by atoms with Gasteiger partial charge >= 0.3 is 0 Å². The van der Waals surface area contributed by atoms with Gasteiger partial charge in [-0.2, -0.15) is 0 Å². The highest BCUT2D eigenvalue weighted by Crippen LogP contribution is 2.08. The Bertz CT molecular complexity index is 241. The highest BCUT2D eigenvalue weighted by molar-refractivity contribution is 5.89. The van der Waals surface area contributed by atoms with Gasteiger partial charge in [0.2, 0.25) is 11.8 Å². The second-order valence-corrected chi connectivity index (χ2v) is 3.98. The van der Waals surface area contributed by atoms with E-state index in [1.165, 1.54) is 0 Å². The van der Waals surface area contributed by atoms with Crippen LogP contribution in [-0.4, -0.2) is 35.8 Å². The van der Waals surface area contributed by atoms with Crippen molar-refractivity contribution in [1.82, 2.24) is 10.2 Å². The van der Waals surface area contributed by atoms with Gasteiger partial charge in [-0.15, -0.1) is 0 Å². The molecule has 4 heteroatoms. The lowest BCUT2D eigenvalue weighted by Crippen LogP contribution is -2.44. The maximum Gasteiger partial charge on any atom is 0.245 e. The maximum absolute atomic E-state index is 12.0. The van der Waals surface area contributed by atoms with Gasteiger partial charge in [-0.25, -0.2) is 0 Å². The molecule has 0 aliphatic carbocycles. The van der Waals surface area contributed by atoms with Crippen LogP contribution in [0, 0.1) is 0 Å². The SMILES string of the molecule is CCCC1NC(=O)CCN(CCC)C1=O. The van der Waals surface area contributed by atoms with E-state index in [-0.39, 0.29) is 17.9 Å². The fourth-order valence-corrected chi connectivity index (χ4v) is 1.87. The zero-order chi connectivity index (χ0) is 11.3. The topological polar surface area (TPSA) is 49.4 Å². The Labute approximate surface area is 91.0 Å². The van der Waals surface area contributed by atoms with Gasteiger partial charge in [0, 0.05) is 19.5 Å². The summed E-state index contributed by atoms with van der Waals surface area (Å²) >= 11 is 0. The van der Waals surface area contributed by atoms with E-state index in [4.69, 9.17) is 0 Å². The van der Waals surface area contributed by atoms with Crippen LogP contribution >= 0.6 is 0 Å². The van der Waals surface area contributed by atoms with Crippen LogP contribution in [0.1, 0.15) is 39.5 Å². The zero-order valence-electron chi connectivity index (χ0n) is 9.58. The van der Waals surface area contributed by atoms with Crippen molar-refractivity contribution in [3.8, 4) is 0 Å². The summed E-state index contributed by atoms with van der Waals surface area (Å²) in [6.07, 6.45) is 3.03. The van der Waals surface area contributed by atoms with Gasteiger partial charge in [0.05, 0.1) is 0 Å². The molecule has 1 fully saturated rings. The number of nitrogens with one attached hydrogen (secondary N) is 1. The minimum Gasteiger partial charge on any atom is -0.344 e. The Kier molecular flexibility index (Phi) is 4.59. The number of carbonyl (C=O) groups excluding carboxylic acids is 2. The monoisotopic (exact) mass is 212 g/mol. The second-order valence-electron chi connectivity index (χ2n) is 3.98. The highest BCUT2D eigenvalue weighted by atomic mass is 16.2. The summed E-state index contributed by atoms with van der Waals surface area (Å²) in [6.45, 7) is 5.39. The molecule has 0 aromatic rings. The molecule has 1 atom stereocenters. The summed E-state index contributed by atoms with van der Waals surface area (Å²) in [6, 6.07) is -0.295. The quantitative estimate of drug-likeness (QED) is 0.753. The van der Waals surface area contributed by atoms with Crippen LogP contribution < -0.4 is 5.32 Å². The Morgan fingerprint density at radius 3 is 2.67 bits per heavy atom. The normalized spacial score (nSPS) is 22.5. The van der Waals surface area contributed by atoms with Gasteiger partial charge in [-0.1, -0.05) is 20.3 Å². The van der Waals surface area contributed by atoms with Gasteiger partial charge in [0.25, 0.3) is 0 Å². The van der Waals surface area contributed by atoms with Crippen LogP contribution in [-0.2, 0) is 9.59 Å². The first-order valence-electron chi connectivity index (χ1n) is 5.77. The smallest absolute Gasteiger partial charge is 0.245 e. The Hall–Kier alpha value is -1.06. The van der Waals surface area contributed by atoms with Crippen LogP contribution in [0.5, 0.6) is 0 Å². The number of amides is 2. The Morgan fingerprint density at radius 1 is 1.33 bits per heavy atom. The average molecular weight is 212 g/mol. The van der Waals surface area contributed by atoms with Crippen LogP contribution in [0.4, 0.5) is 0 Å². The molecule has 1 unspecified atom stereocenters. The zero-order valence-corrected chi connectivity index (χ0v) is 9.58. The van der Waals surface area contributed by atoms with Gasteiger partial charge < -0.3 is 10.2 Å². The summed E-state index contributed by atoms with van der Waals surface area (Å²) < 4.78 is 0. The van der Waals surface area contributed by atoms with Gasteiger partial charge in [0.15, 0.2) is 0 Å². The minimum absolute atomic E-state index is 0.000373. The molecular formula is C11H20N2O2. The standard InChI is InChI=1S/C11H20N2O2/c1-3-5-9-11(15)13(7-4-2)8-6-10(14)12-9/h9H,3-8H2,1-2H3,(H,12,14). The second kappa shape index (κ2) is 5.73. The van der Waals surface area contributed by atoms with E-state index in [9.17, 15) is 9.59 Å². The van der Waals surface area contributed by atoms with E-state index in [1.54, 1.807) is 4.90 Å². The molecule has 2 amide bonds. The molecule has 0 radical (unpaired) electrons. The molecule has 1 aliphatic heterocycles. The van der Waals surface area contributed by atoms with Crippen molar-refractivity contribution in [2.24, 2.45) is 0 Å². The first-order valence-corrected chi connectivity index (χ1v) is 5.77. The lowest BCUT2D eigenvalue weighted by molar-refractivity contribution is -0.133. The molecule has 0 saturated carbocycles. The molecule has 4 nitrogen and oxygen atoms in total. The largest absolute Gasteiger partial charge is 0.344 e. The third-order valence-electron chi connectivity index (χ3n) is 2.62. The molecular weight excluding hydrogens is 192 g/mol. The molecule has 0 aromatic carbocycles. The molecule has 15 heavy (non-hydrogen) atoms. The summed E-state index contributed by atoms with van der Waals surface area (Å²) in [5.74, 6) is 0.0879. The van der Waals surface area contributed by atoms with Crippen molar-refractivity contribution in [2.45, 2.75) is 45.6 Å². The van der Waals surface area contributed by atoms with E-state index in [0.717, 1.165) is 25.8 Å². The van der Waals surface area contributed by atoms with Gasteiger partial charge in [-0.05, 0) is 12.8 Å². The maximum atomic E-state index is 12.0. The van der Waals surface area contributed by atoms with Crippen LogP contribution in [0.15, 0.2) is 0 Å². The highest BCUT2D eigenvalue weighted by Gasteiger charge is 2.28. The molecule has 0 spiro atoms. The summed E-state index contributed by atoms with van der Waals surface area (Å²) in [5, 5.41) is 2.79. The van der Waals surface area contributed by atoms with E-state index in [1.807, 2.05) is 13.8 Å². The Balaban J connectivity index is 2.68. The van der Waals surface area contributed by atoms with Crippen molar-refractivity contribution in [1.29, 1.82) is 0 Å². The predicted molar refractivity (Wildman–Crippen MR) is 58.3 cm³/mol. The number of rotatable bonds is 4. The summed E-state index contributed by atoms with van der Waals surface area (Å²) in [7, 11) is 0. The Morgan fingerprint density at radius 2 is 2.07 bits per heavy atom. The lowest BCUT2D eigenvalue weighted by atomic mass is 10.1. The molecule has 1 heterocycles. The van der Waals surface area contributed by atoms with Crippen molar-refractivity contribution in [3.05, 3.63) is 0 Å². The predicted octanol–water partition coefficient (Wildman–Crippen LogP) is 0.914. The number of hydrogen-bond donors (Lipinski definition) is 1. The lowest BCUT2D eigenvalue weighted by Gasteiger charge is -2.23. The molecule has 1 saturated heterocycles. The van der Waals surface area contributed by atoms with E-state index in [2.05, 4.69) is 5.32 Å². The number of nitrogens with zero attached hydrogens (tertiary/aromatic N) is 1. The average Bonchev–Trinajstić information content (AvgIpc) is 2.33. The summed E-state index contributed by atoms with van der Waals surface area (Å²) in [5.41, 5.74) is 0. The molecule has 1 aliphatic rings. The third-order valence-corrected chi connectivity index (χ3v) is 2.62. The van der Waals surface area contributed by atoms with Crippen LogP contribution in [0.2, 0.25) is 0 Å². The van der Waals surface area contributed by atoms with Gasteiger partial charge in [0.1, 0.15) is 6.04 Å². The van der Waals surface area contributed by atoms with E-state index >= 15 is 0 Å².